The lowest BCUT2D eigenvalue weighted by Crippen LogP contribution is -2.59. The van der Waals surface area contributed by atoms with E-state index >= 15 is 0 Å². The first-order chi connectivity index (χ1) is 11.8. The SMILES string of the molecule is CC1CNCc2ccc(N3CCN(C(=O)O)C(C(C)(C)C)C3)nc2O1. The maximum absolute atomic E-state index is 11.6. The molecule has 2 atom stereocenters. The second-order valence-electron chi connectivity index (χ2n) is 8.00. The van der Waals surface area contributed by atoms with Crippen LogP contribution in [0.15, 0.2) is 12.1 Å². The van der Waals surface area contributed by atoms with Crippen molar-refractivity contribution in [2.75, 3.05) is 31.1 Å². The Kier molecular flexibility index (Phi) is 4.77. The van der Waals surface area contributed by atoms with Crippen LogP contribution in [0.2, 0.25) is 0 Å². The number of ether oxygens (including phenoxy) is 1. The zero-order valence-electron chi connectivity index (χ0n) is 15.5. The van der Waals surface area contributed by atoms with Gasteiger partial charge in [0, 0.05) is 38.3 Å². The predicted molar refractivity (Wildman–Crippen MR) is 96.2 cm³/mol. The molecule has 2 aliphatic heterocycles. The van der Waals surface area contributed by atoms with Gasteiger partial charge in [-0.1, -0.05) is 20.8 Å². The summed E-state index contributed by atoms with van der Waals surface area (Å²) < 4.78 is 5.94. The van der Waals surface area contributed by atoms with Crippen LogP contribution in [0.5, 0.6) is 5.88 Å². The molecule has 25 heavy (non-hydrogen) atoms. The van der Waals surface area contributed by atoms with Gasteiger partial charge in [-0.2, -0.15) is 4.98 Å². The Hall–Kier alpha value is -2.02. The first-order valence-corrected chi connectivity index (χ1v) is 8.87. The number of rotatable bonds is 1. The third-order valence-electron chi connectivity index (χ3n) is 4.93. The Morgan fingerprint density at radius 2 is 2.12 bits per heavy atom. The molecular formula is C18H28N4O3. The lowest BCUT2D eigenvalue weighted by molar-refractivity contribution is 0.0746. The van der Waals surface area contributed by atoms with Crippen molar-refractivity contribution in [2.24, 2.45) is 5.41 Å². The molecule has 2 aliphatic rings. The highest BCUT2D eigenvalue weighted by atomic mass is 16.5. The van der Waals surface area contributed by atoms with E-state index in [2.05, 4.69) is 37.1 Å². The number of carbonyl (C=O) groups is 1. The highest BCUT2D eigenvalue weighted by Crippen LogP contribution is 2.31. The van der Waals surface area contributed by atoms with Crippen molar-refractivity contribution in [3.05, 3.63) is 17.7 Å². The predicted octanol–water partition coefficient (Wildman–Crippen LogP) is 2.17. The molecule has 1 fully saturated rings. The summed E-state index contributed by atoms with van der Waals surface area (Å²) in [6.45, 7) is 11.6. The number of nitrogens with one attached hydrogen (secondary N) is 1. The number of pyridine rings is 1. The van der Waals surface area contributed by atoms with Crippen LogP contribution in [0.25, 0.3) is 0 Å². The average Bonchev–Trinajstić information content (AvgIpc) is 2.73. The lowest BCUT2D eigenvalue weighted by atomic mass is 9.84. The Balaban J connectivity index is 1.84. The number of nitrogens with zero attached hydrogens (tertiary/aromatic N) is 3. The molecule has 7 nitrogen and oxygen atoms in total. The minimum Gasteiger partial charge on any atom is -0.473 e. The normalized spacial score (nSPS) is 24.3. The molecular weight excluding hydrogens is 320 g/mol. The molecule has 3 rings (SSSR count). The monoisotopic (exact) mass is 348 g/mol. The second-order valence-corrected chi connectivity index (χ2v) is 8.00. The van der Waals surface area contributed by atoms with Crippen molar-refractivity contribution in [3.63, 3.8) is 0 Å². The second kappa shape index (κ2) is 6.71. The highest BCUT2D eigenvalue weighted by molar-refractivity contribution is 5.66. The fourth-order valence-electron chi connectivity index (χ4n) is 3.48. The summed E-state index contributed by atoms with van der Waals surface area (Å²) in [5.74, 6) is 1.54. The van der Waals surface area contributed by atoms with Crippen LogP contribution < -0.4 is 15.0 Å². The van der Waals surface area contributed by atoms with Crippen LogP contribution in [0.1, 0.15) is 33.3 Å². The first-order valence-electron chi connectivity index (χ1n) is 8.87. The van der Waals surface area contributed by atoms with Gasteiger partial charge in [0.25, 0.3) is 0 Å². The van der Waals surface area contributed by atoms with Gasteiger partial charge in [-0.15, -0.1) is 0 Å². The Morgan fingerprint density at radius 1 is 1.36 bits per heavy atom. The van der Waals surface area contributed by atoms with Gasteiger partial charge in [-0.25, -0.2) is 4.79 Å². The summed E-state index contributed by atoms with van der Waals surface area (Å²) in [7, 11) is 0. The molecule has 0 bridgehead atoms. The molecule has 0 spiro atoms. The fourth-order valence-corrected chi connectivity index (χ4v) is 3.48. The maximum atomic E-state index is 11.6. The number of amides is 1. The van der Waals surface area contributed by atoms with Crippen molar-refractivity contribution < 1.29 is 14.6 Å². The summed E-state index contributed by atoms with van der Waals surface area (Å²) in [4.78, 5) is 20.0. The van der Waals surface area contributed by atoms with E-state index < -0.39 is 6.09 Å². The molecule has 0 radical (unpaired) electrons. The van der Waals surface area contributed by atoms with E-state index in [1.807, 2.05) is 13.0 Å². The molecule has 138 valence electrons. The zero-order chi connectivity index (χ0) is 18.2. The van der Waals surface area contributed by atoms with Crippen molar-refractivity contribution >= 4 is 11.9 Å². The van der Waals surface area contributed by atoms with E-state index in [-0.39, 0.29) is 17.6 Å². The molecule has 1 aromatic rings. The van der Waals surface area contributed by atoms with Crippen molar-refractivity contribution in [1.82, 2.24) is 15.2 Å². The van der Waals surface area contributed by atoms with Gasteiger partial charge in [0.05, 0.1) is 6.04 Å². The van der Waals surface area contributed by atoms with Gasteiger partial charge < -0.3 is 25.0 Å². The quantitative estimate of drug-likeness (QED) is 0.810. The number of aromatic nitrogens is 1. The van der Waals surface area contributed by atoms with Gasteiger partial charge >= 0.3 is 6.09 Å². The minimum absolute atomic E-state index is 0.0789. The van der Waals surface area contributed by atoms with Crippen LogP contribution in [0.4, 0.5) is 10.6 Å². The first kappa shape index (κ1) is 17.8. The number of carboxylic acid groups (broad SMARTS) is 1. The minimum atomic E-state index is -0.849. The standard InChI is InChI=1S/C18H28N4O3/c1-12-9-19-10-13-5-6-15(20-16(13)25-12)21-7-8-22(17(23)24)14(11-21)18(2,3)4/h5-6,12,14,19H,7-11H2,1-4H3,(H,23,24). The Morgan fingerprint density at radius 3 is 2.80 bits per heavy atom. The maximum Gasteiger partial charge on any atom is 0.407 e. The van der Waals surface area contributed by atoms with Crippen LogP contribution in [-0.4, -0.2) is 59.4 Å². The summed E-state index contributed by atoms with van der Waals surface area (Å²) in [5, 5.41) is 12.9. The van der Waals surface area contributed by atoms with E-state index in [1.54, 1.807) is 4.90 Å². The molecule has 0 saturated carbocycles. The van der Waals surface area contributed by atoms with Gasteiger partial charge in [0.15, 0.2) is 0 Å². The van der Waals surface area contributed by atoms with Crippen LogP contribution >= 0.6 is 0 Å². The van der Waals surface area contributed by atoms with E-state index in [0.717, 1.165) is 24.5 Å². The smallest absolute Gasteiger partial charge is 0.407 e. The van der Waals surface area contributed by atoms with Crippen LogP contribution in [-0.2, 0) is 6.54 Å². The largest absolute Gasteiger partial charge is 0.473 e. The molecule has 1 saturated heterocycles. The van der Waals surface area contributed by atoms with Crippen LogP contribution in [0.3, 0.4) is 0 Å². The molecule has 7 heteroatoms. The number of piperazine rings is 1. The summed E-state index contributed by atoms with van der Waals surface area (Å²) in [6, 6.07) is 3.98. The van der Waals surface area contributed by atoms with E-state index in [0.29, 0.717) is 25.5 Å². The molecule has 1 aromatic heterocycles. The average molecular weight is 348 g/mol. The lowest BCUT2D eigenvalue weighted by Gasteiger charge is -2.46. The number of anilines is 1. The summed E-state index contributed by atoms with van der Waals surface area (Å²) >= 11 is 0. The van der Waals surface area contributed by atoms with Crippen molar-refractivity contribution in [3.8, 4) is 5.88 Å². The molecule has 0 aromatic carbocycles. The number of hydrogen-bond acceptors (Lipinski definition) is 5. The summed E-state index contributed by atoms with van der Waals surface area (Å²) in [5.41, 5.74) is 0.919. The van der Waals surface area contributed by atoms with Crippen LogP contribution in [0, 0.1) is 5.41 Å². The highest BCUT2D eigenvalue weighted by Gasteiger charge is 2.38. The Bertz CT molecular complexity index is 644. The molecule has 2 unspecified atom stereocenters. The molecule has 1 amide bonds. The van der Waals surface area contributed by atoms with Crippen molar-refractivity contribution in [2.45, 2.75) is 46.4 Å². The van der Waals surface area contributed by atoms with Gasteiger partial charge in [0.1, 0.15) is 11.9 Å². The third-order valence-corrected chi connectivity index (χ3v) is 4.93. The van der Waals surface area contributed by atoms with Gasteiger partial charge in [-0.3, -0.25) is 0 Å². The van der Waals surface area contributed by atoms with E-state index in [4.69, 9.17) is 9.72 Å². The zero-order valence-corrected chi connectivity index (χ0v) is 15.5. The Labute approximate surface area is 149 Å². The van der Waals surface area contributed by atoms with E-state index in [1.165, 1.54) is 0 Å². The van der Waals surface area contributed by atoms with Gasteiger partial charge in [0.2, 0.25) is 5.88 Å². The van der Waals surface area contributed by atoms with Gasteiger partial charge in [-0.05, 0) is 24.5 Å². The number of fused-ring (bicyclic) bond motifs is 1. The number of hydrogen-bond donors (Lipinski definition) is 2. The fraction of sp³-hybridized carbons (Fsp3) is 0.667. The molecule has 0 aliphatic carbocycles. The van der Waals surface area contributed by atoms with Crippen molar-refractivity contribution in [1.29, 1.82) is 0 Å². The topological polar surface area (TPSA) is 77.9 Å². The molecule has 3 heterocycles. The third kappa shape index (κ3) is 3.81. The molecule has 2 N–H and O–H groups in total. The summed E-state index contributed by atoms with van der Waals surface area (Å²) in [6.07, 6.45) is -0.770. The van der Waals surface area contributed by atoms with E-state index in [9.17, 15) is 9.90 Å².